The van der Waals surface area contributed by atoms with Gasteiger partial charge in [-0.05, 0) is 11.4 Å². The highest BCUT2D eigenvalue weighted by atomic mass is 32.1. The summed E-state index contributed by atoms with van der Waals surface area (Å²) in [7, 11) is 1.74. The van der Waals surface area contributed by atoms with Gasteiger partial charge in [0.05, 0.1) is 4.88 Å². The third kappa shape index (κ3) is 1.18. The third-order valence-corrected chi connectivity index (χ3v) is 2.25. The molecule has 2 aromatic rings. The standard InChI is InChI=1S/C7H7N3OS/c1-8-7-9-6(10-11-7)5-3-2-4-12-5/h2-4H,1H3,(H,8,9,10). The molecular weight excluding hydrogens is 174 g/mol. The molecule has 0 saturated carbocycles. The zero-order valence-corrected chi connectivity index (χ0v) is 7.26. The SMILES string of the molecule is CNc1nc(-c2cccs2)no1. The van der Waals surface area contributed by atoms with Crippen molar-refractivity contribution in [3.8, 4) is 10.7 Å². The molecule has 0 amide bonds. The quantitative estimate of drug-likeness (QED) is 0.768. The summed E-state index contributed by atoms with van der Waals surface area (Å²) >= 11 is 1.59. The fourth-order valence-corrected chi connectivity index (χ4v) is 1.48. The largest absolute Gasteiger partial charge is 0.341 e. The third-order valence-electron chi connectivity index (χ3n) is 1.38. The Labute approximate surface area is 73.2 Å². The Morgan fingerprint density at radius 3 is 3.08 bits per heavy atom. The van der Waals surface area contributed by atoms with Gasteiger partial charge in [0.15, 0.2) is 0 Å². The first-order chi connectivity index (χ1) is 5.90. The lowest BCUT2D eigenvalue weighted by Crippen LogP contribution is -1.86. The average Bonchev–Trinajstić information content (AvgIpc) is 2.75. The van der Waals surface area contributed by atoms with E-state index in [1.807, 2.05) is 17.5 Å². The second-order valence-corrected chi connectivity index (χ2v) is 3.10. The Hall–Kier alpha value is -1.36. The van der Waals surface area contributed by atoms with Crippen molar-refractivity contribution in [1.29, 1.82) is 0 Å². The molecule has 2 heterocycles. The van der Waals surface area contributed by atoms with Gasteiger partial charge < -0.3 is 9.84 Å². The minimum Gasteiger partial charge on any atom is -0.341 e. The van der Waals surface area contributed by atoms with Gasteiger partial charge in [0.1, 0.15) is 0 Å². The predicted molar refractivity (Wildman–Crippen MR) is 47.2 cm³/mol. The molecule has 0 fully saturated rings. The molecule has 0 bridgehead atoms. The first-order valence-electron chi connectivity index (χ1n) is 3.45. The molecule has 0 aliphatic rings. The van der Waals surface area contributed by atoms with Crippen molar-refractivity contribution in [2.75, 3.05) is 12.4 Å². The minimum atomic E-state index is 0.443. The van der Waals surface area contributed by atoms with Crippen LogP contribution in [0, 0.1) is 0 Å². The van der Waals surface area contributed by atoms with Crippen LogP contribution >= 0.6 is 11.3 Å². The van der Waals surface area contributed by atoms with Crippen LogP contribution in [0.15, 0.2) is 22.0 Å². The van der Waals surface area contributed by atoms with Crippen LogP contribution in [0.25, 0.3) is 10.7 Å². The van der Waals surface area contributed by atoms with Crippen molar-refractivity contribution in [1.82, 2.24) is 10.1 Å². The van der Waals surface area contributed by atoms with E-state index in [4.69, 9.17) is 4.52 Å². The van der Waals surface area contributed by atoms with Crippen LogP contribution < -0.4 is 5.32 Å². The highest BCUT2D eigenvalue weighted by molar-refractivity contribution is 7.13. The molecule has 0 aliphatic carbocycles. The summed E-state index contributed by atoms with van der Waals surface area (Å²) in [6.45, 7) is 0. The van der Waals surface area contributed by atoms with Crippen LogP contribution in [0.3, 0.4) is 0 Å². The molecule has 12 heavy (non-hydrogen) atoms. The summed E-state index contributed by atoms with van der Waals surface area (Å²) in [4.78, 5) is 5.11. The molecular formula is C7H7N3OS. The van der Waals surface area contributed by atoms with Gasteiger partial charge in [-0.25, -0.2) is 0 Å². The number of rotatable bonds is 2. The summed E-state index contributed by atoms with van der Waals surface area (Å²) in [5.41, 5.74) is 0. The van der Waals surface area contributed by atoms with E-state index in [0.717, 1.165) is 4.88 Å². The van der Waals surface area contributed by atoms with E-state index in [-0.39, 0.29) is 0 Å². The first-order valence-corrected chi connectivity index (χ1v) is 4.33. The second kappa shape index (κ2) is 2.94. The normalized spacial score (nSPS) is 10.1. The maximum atomic E-state index is 4.87. The Balaban J connectivity index is 2.35. The van der Waals surface area contributed by atoms with E-state index in [1.54, 1.807) is 18.4 Å². The van der Waals surface area contributed by atoms with Crippen LogP contribution in [0.2, 0.25) is 0 Å². The van der Waals surface area contributed by atoms with Crippen LogP contribution in [0.4, 0.5) is 6.01 Å². The number of hydrogen-bond donors (Lipinski definition) is 1. The van der Waals surface area contributed by atoms with Crippen LogP contribution in [-0.4, -0.2) is 17.2 Å². The highest BCUT2D eigenvalue weighted by Crippen LogP contribution is 2.22. The Kier molecular flexibility index (Phi) is 1.79. The van der Waals surface area contributed by atoms with E-state index in [1.165, 1.54) is 0 Å². The Morgan fingerprint density at radius 1 is 1.58 bits per heavy atom. The lowest BCUT2D eigenvalue weighted by molar-refractivity contribution is 0.434. The Bertz CT molecular complexity index is 354. The molecule has 5 heteroatoms. The molecule has 0 unspecified atom stereocenters. The molecule has 2 rings (SSSR count). The van der Waals surface area contributed by atoms with Crippen molar-refractivity contribution in [2.24, 2.45) is 0 Å². The number of anilines is 1. The minimum absolute atomic E-state index is 0.443. The maximum absolute atomic E-state index is 4.87. The van der Waals surface area contributed by atoms with E-state index in [2.05, 4.69) is 15.5 Å². The van der Waals surface area contributed by atoms with Crippen molar-refractivity contribution >= 4 is 17.4 Å². The number of nitrogens with zero attached hydrogens (tertiary/aromatic N) is 2. The zero-order chi connectivity index (χ0) is 8.39. The molecule has 0 spiro atoms. The van der Waals surface area contributed by atoms with E-state index in [9.17, 15) is 0 Å². The molecule has 0 saturated heterocycles. The zero-order valence-electron chi connectivity index (χ0n) is 6.44. The van der Waals surface area contributed by atoms with Gasteiger partial charge >= 0.3 is 6.01 Å². The molecule has 0 aliphatic heterocycles. The molecule has 2 aromatic heterocycles. The molecule has 0 atom stereocenters. The van der Waals surface area contributed by atoms with Crippen LogP contribution in [-0.2, 0) is 0 Å². The van der Waals surface area contributed by atoms with Gasteiger partial charge in [-0.1, -0.05) is 11.2 Å². The number of thiophene rings is 1. The fourth-order valence-electron chi connectivity index (χ4n) is 0.831. The molecule has 4 nitrogen and oxygen atoms in total. The molecule has 0 radical (unpaired) electrons. The van der Waals surface area contributed by atoms with E-state index < -0.39 is 0 Å². The number of nitrogens with one attached hydrogen (secondary N) is 1. The summed E-state index contributed by atoms with van der Waals surface area (Å²) in [6.07, 6.45) is 0. The fraction of sp³-hybridized carbons (Fsp3) is 0.143. The summed E-state index contributed by atoms with van der Waals surface area (Å²) in [5.74, 6) is 0.634. The summed E-state index contributed by atoms with van der Waals surface area (Å²) < 4.78 is 4.87. The maximum Gasteiger partial charge on any atom is 0.321 e. The highest BCUT2D eigenvalue weighted by Gasteiger charge is 2.06. The second-order valence-electron chi connectivity index (χ2n) is 2.15. The first kappa shape index (κ1) is 7.30. The summed E-state index contributed by atoms with van der Waals surface area (Å²) in [5, 5.41) is 8.54. The van der Waals surface area contributed by atoms with Gasteiger partial charge in [-0.15, -0.1) is 11.3 Å². The molecule has 62 valence electrons. The number of hydrogen-bond acceptors (Lipinski definition) is 5. The molecule has 0 aromatic carbocycles. The summed E-state index contributed by atoms with van der Waals surface area (Å²) in [6, 6.07) is 4.35. The topological polar surface area (TPSA) is 51.0 Å². The smallest absolute Gasteiger partial charge is 0.321 e. The lowest BCUT2D eigenvalue weighted by atomic mass is 10.4. The monoisotopic (exact) mass is 181 g/mol. The van der Waals surface area contributed by atoms with Gasteiger partial charge in [-0.2, -0.15) is 4.98 Å². The van der Waals surface area contributed by atoms with Crippen molar-refractivity contribution < 1.29 is 4.52 Å². The van der Waals surface area contributed by atoms with Crippen LogP contribution in [0.5, 0.6) is 0 Å². The number of aromatic nitrogens is 2. The van der Waals surface area contributed by atoms with Crippen LogP contribution in [0.1, 0.15) is 0 Å². The van der Waals surface area contributed by atoms with Gasteiger partial charge in [0.2, 0.25) is 5.82 Å². The van der Waals surface area contributed by atoms with E-state index >= 15 is 0 Å². The Morgan fingerprint density at radius 2 is 2.50 bits per heavy atom. The lowest BCUT2D eigenvalue weighted by Gasteiger charge is -1.83. The molecule has 1 N–H and O–H groups in total. The van der Waals surface area contributed by atoms with Gasteiger partial charge in [0, 0.05) is 7.05 Å². The van der Waals surface area contributed by atoms with Crippen molar-refractivity contribution in [3.63, 3.8) is 0 Å². The van der Waals surface area contributed by atoms with Crippen molar-refractivity contribution in [3.05, 3.63) is 17.5 Å². The average molecular weight is 181 g/mol. The predicted octanol–water partition coefficient (Wildman–Crippen LogP) is 1.84. The van der Waals surface area contributed by atoms with E-state index in [0.29, 0.717) is 11.8 Å². The van der Waals surface area contributed by atoms with Crippen molar-refractivity contribution in [2.45, 2.75) is 0 Å². The van der Waals surface area contributed by atoms with Gasteiger partial charge in [-0.3, -0.25) is 0 Å². The van der Waals surface area contributed by atoms with Gasteiger partial charge in [0.25, 0.3) is 0 Å².